The number of fused-ring (bicyclic) bond motifs is 1. The third-order valence-electron chi connectivity index (χ3n) is 4.92. The number of hydrogen-bond donors (Lipinski definition) is 2. The van der Waals surface area contributed by atoms with E-state index >= 15 is 0 Å². The molecule has 0 fully saturated rings. The Kier molecular flexibility index (Phi) is 5.72. The molecule has 0 radical (unpaired) electrons. The summed E-state index contributed by atoms with van der Waals surface area (Å²) >= 11 is 0. The van der Waals surface area contributed by atoms with Crippen LogP contribution in [0.4, 0.5) is 18.9 Å². The molecule has 0 saturated carbocycles. The first kappa shape index (κ1) is 19.9. The van der Waals surface area contributed by atoms with Gasteiger partial charge in [0.25, 0.3) is 0 Å². The van der Waals surface area contributed by atoms with Crippen LogP contribution in [0.1, 0.15) is 42.5 Å². The summed E-state index contributed by atoms with van der Waals surface area (Å²) in [5, 5.41) is 5.55. The third kappa shape index (κ3) is 4.71. The number of carbonyl (C=O) groups is 2. The van der Waals surface area contributed by atoms with E-state index in [1.54, 1.807) is 13.0 Å². The molecule has 1 heterocycles. The van der Waals surface area contributed by atoms with Gasteiger partial charge in [0.1, 0.15) is 0 Å². The van der Waals surface area contributed by atoms with E-state index in [4.69, 9.17) is 0 Å². The van der Waals surface area contributed by atoms with Gasteiger partial charge in [-0.15, -0.1) is 0 Å². The smallest absolute Gasteiger partial charge is 0.350 e. The van der Waals surface area contributed by atoms with Gasteiger partial charge >= 0.3 is 6.18 Å². The van der Waals surface area contributed by atoms with Crippen molar-refractivity contribution in [3.8, 4) is 0 Å². The molecule has 7 heteroatoms. The Morgan fingerprint density at radius 1 is 1.21 bits per heavy atom. The molecule has 148 valence electrons. The molecule has 2 aromatic rings. The van der Waals surface area contributed by atoms with Gasteiger partial charge in [-0.25, -0.2) is 0 Å². The fraction of sp³-hybridized carbons (Fsp3) is 0.333. The van der Waals surface area contributed by atoms with Crippen LogP contribution < -0.4 is 10.6 Å². The first-order valence-corrected chi connectivity index (χ1v) is 9.09. The summed E-state index contributed by atoms with van der Waals surface area (Å²) in [6, 6.07) is 11.9. The van der Waals surface area contributed by atoms with Crippen molar-refractivity contribution < 1.29 is 22.8 Å². The highest BCUT2D eigenvalue weighted by Crippen LogP contribution is 2.31. The number of rotatable bonds is 5. The molecule has 0 unspecified atom stereocenters. The van der Waals surface area contributed by atoms with Crippen molar-refractivity contribution in [3.63, 3.8) is 0 Å². The summed E-state index contributed by atoms with van der Waals surface area (Å²) in [6.45, 7) is 1.64. The van der Waals surface area contributed by atoms with E-state index in [-0.39, 0.29) is 24.2 Å². The number of nitrogens with one attached hydrogen (secondary N) is 2. The molecule has 0 saturated heterocycles. The van der Waals surface area contributed by atoms with Gasteiger partial charge in [0.15, 0.2) is 0 Å². The standard InChI is InChI=1S/C21H21F3N2O2/c1-13(14-6-4-7-17(12-14)21(22,23)24)25-19(27)10-9-16-11-15-5-2-3-8-18(15)26-20(16)28/h2-8,12-13,16H,9-11H2,1H3,(H,25,27)(H,26,28)/t13-,16-/m0/s1. The largest absolute Gasteiger partial charge is 0.416 e. The topological polar surface area (TPSA) is 58.2 Å². The minimum atomic E-state index is -4.43. The number of hydrogen-bond acceptors (Lipinski definition) is 2. The average Bonchev–Trinajstić information content (AvgIpc) is 2.65. The van der Waals surface area contributed by atoms with E-state index in [9.17, 15) is 22.8 Å². The highest BCUT2D eigenvalue weighted by molar-refractivity contribution is 5.96. The SMILES string of the molecule is C[C@H](NC(=O)CC[C@H]1Cc2ccccc2NC1=O)c1cccc(C(F)(F)F)c1. The molecule has 2 aromatic carbocycles. The maximum atomic E-state index is 12.8. The van der Waals surface area contributed by atoms with Crippen molar-refractivity contribution in [1.29, 1.82) is 0 Å². The van der Waals surface area contributed by atoms with E-state index in [1.165, 1.54) is 6.07 Å². The van der Waals surface area contributed by atoms with Gasteiger partial charge in [0, 0.05) is 18.0 Å². The summed E-state index contributed by atoms with van der Waals surface area (Å²) in [5.41, 5.74) is 1.47. The molecular formula is C21H21F3N2O2. The fourth-order valence-corrected chi connectivity index (χ4v) is 3.33. The van der Waals surface area contributed by atoms with Crippen molar-refractivity contribution in [1.82, 2.24) is 5.32 Å². The van der Waals surface area contributed by atoms with Gasteiger partial charge < -0.3 is 10.6 Å². The third-order valence-corrected chi connectivity index (χ3v) is 4.92. The summed E-state index contributed by atoms with van der Waals surface area (Å²) in [4.78, 5) is 24.4. The molecule has 0 bridgehead atoms. The van der Waals surface area contributed by atoms with Crippen LogP contribution in [0, 0.1) is 5.92 Å². The van der Waals surface area contributed by atoms with Crippen LogP contribution in [0.15, 0.2) is 48.5 Å². The molecule has 1 aliphatic rings. The predicted molar refractivity (Wildman–Crippen MR) is 99.5 cm³/mol. The first-order chi connectivity index (χ1) is 13.2. The molecule has 2 amide bonds. The van der Waals surface area contributed by atoms with E-state index in [0.29, 0.717) is 18.4 Å². The van der Waals surface area contributed by atoms with Gasteiger partial charge in [-0.2, -0.15) is 13.2 Å². The lowest BCUT2D eigenvalue weighted by molar-refractivity contribution is -0.137. The molecule has 3 rings (SSSR count). The number of amides is 2. The zero-order valence-electron chi connectivity index (χ0n) is 15.3. The second kappa shape index (κ2) is 8.04. The van der Waals surface area contributed by atoms with Gasteiger partial charge in [0.05, 0.1) is 11.6 Å². The van der Waals surface area contributed by atoms with Gasteiger partial charge in [0.2, 0.25) is 11.8 Å². The lowest BCUT2D eigenvalue weighted by atomic mass is 9.89. The number of benzene rings is 2. The first-order valence-electron chi connectivity index (χ1n) is 9.09. The molecule has 1 aliphatic heterocycles. The average molecular weight is 390 g/mol. The lowest BCUT2D eigenvalue weighted by Crippen LogP contribution is -2.32. The minimum Gasteiger partial charge on any atom is -0.350 e. The monoisotopic (exact) mass is 390 g/mol. The molecule has 4 nitrogen and oxygen atoms in total. The van der Waals surface area contributed by atoms with Crippen molar-refractivity contribution >= 4 is 17.5 Å². The van der Waals surface area contributed by atoms with Crippen molar-refractivity contribution in [2.24, 2.45) is 5.92 Å². The number of anilines is 1. The van der Waals surface area contributed by atoms with Crippen molar-refractivity contribution in [2.45, 2.75) is 38.4 Å². The maximum absolute atomic E-state index is 12.8. The van der Waals surface area contributed by atoms with Crippen molar-refractivity contribution in [3.05, 3.63) is 65.2 Å². The van der Waals surface area contributed by atoms with Gasteiger partial charge in [-0.05, 0) is 49.1 Å². The highest BCUT2D eigenvalue weighted by Gasteiger charge is 2.31. The van der Waals surface area contributed by atoms with E-state index in [1.807, 2.05) is 24.3 Å². The van der Waals surface area contributed by atoms with E-state index in [2.05, 4.69) is 10.6 Å². The second-order valence-corrected chi connectivity index (χ2v) is 7.00. The van der Waals surface area contributed by atoms with Crippen LogP contribution in [-0.4, -0.2) is 11.8 Å². The molecule has 0 aliphatic carbocycles. The lowest BCUT2D eigenvalue weighted by Gasteiger charge is -2.24. The number of alkyl halides is 3. The second-order valence-electron chi connectivity index (χ2n) is 7.00. The Morgan fingerprint density at radius 2 is 1.96 bits per heavy atom. The van der Waals surface area contributed by atoms with Crippen LogP contribution in [0.2, 0.25) is 0 Å². The molecule has 0 spiro atoms. The van der Waals surface area contributed by atoms with Gasteiger partial charge in [-0.1, -0.05) is 30.3 Å². The number of para-hydroxylation sites is 1. The molecular weight excluding hydrogens is 369 g/mol. The van der Waals surface area contributed by atoms with Crippen LogP contribution in [0.3, 0.4) is 0 Å². The normalized spacial score (nSPS) is 17.4. The Bertz CT molecular complexity index is 880. The van der Waals surface area contributed by atoms with E-state index in [0.717, 1.165) is 23.4 Å². The Balaban J connectivity index is 1.55. The van der Waals surface area contributed by atoms with Crippen LogP contribution in [0.25, 0.3) is 0 Å². The summed E-state index contributed by atoms with van der Waals surface area (Å²) < 4.78 is 38.5. The van der Waals surface area contributed by atoms with Crippen molar-refractivity contribution in [2.75, 3.05) is 5.32 Å². The zero-order chi connectivity index (χ0) is 20.3. The summed E-state index contributed by atoms with van der Waals surface area (Å²) in [5.74, 6) is -0.710. The quantitative estimate of drug-likeness (QED) is 0.791. The maximum Gasteiger partial charge on any atom is 0.416 e. The van der Waals surface area contributed by atoms with Crippen LogP contribution in [-0.2, 0) is 22.2 Å². The molecule has 2 N–H and O–H groups in total. The number of carbonyl (C=O) groups excluding carboxylic acids is 2. The number of halogens is 3. The van der Waals surface area contributed by atoms with E-state index < -0.39 is 17.8 Å². The van der Waals surface area contributed by atoms with Crippen LogP contribution in [0.5, 0.6) is 0 Å². The zero-order valence-corrected chi connectivity index (χ0v) is 15.3. The fourth-order valence-electron chi connectivity index (χ4n) is 3.33. The molecule has 0 aromatic heterocycles. The van der Waals surface area contributed by atoms with Crippen LogP contribution >= 0.6 is 0 Å². The summed E-state index contributed by atoms with van der Waals surface area (Å²) in [7, 11) is 0. The Hall–Kier alpha value is -2.83. The summed E-state index contributed by atoms with van der Waals surface area (Å²) in [6.07, 6.45) is -3.35. The minimum absolute atomic E-state index is 0.113. The Labute approximate surface area is 161 Å². The Morgan fingerprint density at radius 3 is 2.71 bits per heavy atom. The van der Waals surface area contributed by atoms with Gasteiger partial charge in [-0.3, -0.25) is 9.59 Å². The molecule has 2 atom stereocenters. The highest BCUT2D eigenvalue weighted by atomic mass is 19.4. The predicted octanol–water partition coefficient (Wildman–Crippen LogP) is 4.47. The molecule has 28 heavy (non-hydrogen) atoms.